The lowest BCUT2D eigenvalue weighted by Gasteiger charge is -2.57. The summed E-state index contributed by atoms with van der Waals surface area (Å²) in [5.74, 6) is -3.31. The lowest BCUT2D eigenvalue weighted by molar-refractivity contribution is -0.244. The summed E-state index contributed by atoms with van der Waals surface area (Å²) in [6.07, 6.45) is -1.65. The molecule has 1 saturated carbocycles. The summed E-state index contributed by atoms with van der Waals surface area (Å²) in [5.41, 5.74) is -2.28. The van der Waals surface area contributed by atoms with Gasteiger partial charge >= 0.3 is 11.9 Å². The molecule has 1 aromatic carbocycles. The average Bonchev–Trinajstić information content (AvgIpc) is 3.38. The Bertz CT molecular complexity index is 1080. The molecule has 11 heteroatoms. The quantitative estimate of drug-likeness (QED) is 0.562. The number of nitrogens with zero attached hydrogens (tertiary/aromatic N) is 1. The summed E-state index contributed by atoms with van der Waals surface area (Å²) in [6, 6.07) is 2.04. The lowest BCUT2D eigenvalue weighted by Crippen LogP contribution is -2.67. The van der Waals surface area contributed by atoms with Crippen LogP contribution in [0, 0.1) is 5.41 Å². The van der Waals surface area contributed by atoms with Gasteiger partial charge in [0.05, 0.1) is 39.6 Å². The van der Waals surface area contributed by atoms with E-state index >= 15 is 0 Å². The number of methoxy groups -OCH3 is 2. The molecule has 1 amide bonds. The van der Waals surface area contributed by atoms with Crippen LogP contribution in [0.2, 0.25) is 0 Å². The molecule has 5 rings (SSSR count). The Morgan fingerprint density at radius 2 is 1.80 bits per heavy atom. The Hall–Kier alpha value is -2.89. The van der Waals surface area contributed by atoms with Crippen LogP contribution in [-0.4, -0.2) is 84.9 Å². The van der Waals surface area contributed by atoms with Crippen molar-refractivity contribution in [2.45, 2.75) is 56.1 Å². The number of aliphatic hydroxyl groups is 1. The van der Waals surface area contributed by atoms with Gasteiger partial charge in [0.15, 0.2) is 23.4 Å². The molecule has 0 bridgehead atoms. The van der Waals surface area contributed by atoms with E-state index in [1.807, 2.05) is 0 Å². The van der Waals surface area contributed by atoms with Crippen molar-refractivity contribution in [2.24, 2.45) is 5.41 Å². The van der Waals surface area contributed by atoms with Crippen LogP contribution >= 0.6 is 0 Å². The van der Waals surface area contributed by atoms with Gasteiger partial charge in [-0.3, -0.25) is 9.59 Å². The highest BCUT2D eigenvalue weighted by Gasteiger charge is 2.79. The Morgan fingerprint density at radius 3 is 2.40 bits per heavy atom. The molecule has 4 atom stereocenters. The van der Waals surface area contributed by atoms with Crippen LogP contribution in [0.3, 0.4) is 0 Å². The first kappa shape index (κ1) is 23.8. The van der Waals surface area contributed by atoms with Crippen LogP contribution in [0.1, 0.15) is 37.3 Å². The van der Waals surface area contributed by atoms with Crippen LogP contribution in [0.4, 0.5) is 0 Å². The number of carboxylic acid groups (broad SMARTS) is 1. The van der Waals surface area contributed by atoms with Gasteiger partial charge in [0, 0.05) is 19.3 Å². The first-order valence-electron chi connectivity index (χ1n) is 11.7. The third-order valence-electron chi connectivity index (χ3n) is 8.02. The van der Waals surface area contributed by atoms with Gasteiger partial charge in [-0.2, -0.15) is 0 Å². The van der Waals surface area contributed by atoms with Crippen molar-refractivity contribution < 1.29 is 48.3 Å². The monoisotopic (exact) mass is 491 g/mol. The highest BCUT2D eigenvalue weighted by molar-refractivity contribution is 5.99. The normalized spacial score (nSPS) is 32.6. The third-order valence-corrected chi connectivity index (χ3v) is 8.02. The lowest BCUT2D eigenvalue weighted by atomic mass is 9.54. The second-order valence-corrected chi connectivity index (χ2v) is 9.37. The molecule has 3 fully saturated rings. The van der Waals surface area contributed by atoms with Gasteiger partial charge in [0.1, 0.15) is 11.5 Å². The number of carbonyl (C=O) groups excluding carboxylic acids is 2. The van der Waals surface area contributed by atoms with E-state index in [1.54, 1.807) is 19.1 Å². The number of hydrogen-bond acceptors (Lipinski definition) is 9. The minimum absolute atomic E-state index is 0.00738. The van der Waals surface area contributed by atoms with Gasteiger partial charge in [0.2, 0.25) is 0 Å². The zero-order valence-corrected chi connectivity index (χ0v) is 19.9. The van der Waals surface area contributed by atoms with Crippen molar-refractivity contribution >= 4 is 17.8 Å². The van der Waals surface area contributed by atoms with E-state index in [4.69, 9.17) is 23.7 Å². The van der Waals surface area contributed by atoms with Crippen molar-refractivity contribution in [1.29, 1.82) is 0 Å². The predicted molar refractivity (Wildman–Crippen MR) is 117 cm³/mol. The number of carbonyl (C=O) groups is 3. The SMILES string of the molecule is CCOC(=O)[C@]12CC3(CC[C@]14c1cc(OC)c(OC)cc1C[C@@H](C(=O)O)N4C(=O)[C@@H]2O)OCCO3. The molecule has 190 valence electrons. The van der Waals surface area contributed by atoms with Gasteiger partial charge in [-0.05, 0) is 36.6 Å². The number of fused-ring (bicyclic) bond motifs is 1. The average molecular weight is 491 g/mol. The maximum absolute atomic E-state index is 13.8. The summed E-state index contributed by atoms with van der Waals surface area (Å²) >= 11 is 0. The van der Waals surface area contributed by atoms with Gasteiger partial charge < -0.3 is 38.8 Å². The Balaban J connectivity index is 1.84. The predicted octanol–water partition coefficient (Wildman–Crippen LogP) is 0.588. The molecule has 2 saturated heterocycles. The number of aliphatic hydroxyl groups excluding tert-OH is 1. The fraction of sp³-hybridized carbons (Fsp3) is 0.625. The van der Waals surface area contributed by atoms with E-state index in [-0.39, 0.29) is 32.3 Å². The molecular weight excluding hydrogens is 462 g/mol. The molecule has 3 heterocycles. The number of hydrogen-bond donors (Lipinski definition) is 2. The van der Waals surface area contributed by atoms with Gasteiger partial charge in [-0.1, -0.05) is 0 Å². The first-order valence-corrected chi connectivity index (χ1v) is 11.7. The zero-order chi connectivity index (χ0) is 25.2. The number of amides is 1. The highest BCUT2D eigenvalue weighted by atomic mass is 16.7. The smallest absolute Gasteiger partial charge is 0.326 e. The number of carboxylic acids is 1. The van der Waals surface area contributed by atoms with E-state index in [1.165, 1.54) is 19.1 Å². The van der Waals surface area contributed by atoms with Crippen molar-refractivity contribution in [2.75, 3.05) is 34.0 Å². The van der Waals surface area contributed by atoms with E-state index in [0.29, 0.717) is 35.8 Å². The standard InChI is InChI=1S/C24H29NO10/c1-4-33-21(30)23-12-22(34-7-8-35-22)5-6-24(23)14-11-17(32-3)16(31-2)10-13(14)9-15(20(28)29)25(24)19(27)18(23)26/h10-11,15,18,26H,4-9,12H2,1-3H3,(H,28,29)/t15-,18-,23+,24-/m0/s1. The van der Waals surface area contributed by atoms with Crippen molar-refractivity contribution in [3.63, 3.8) is 0 Å². The van der Waals surface area contributed by atoms with E-state index in [0.717, 1.165) is 0 Å². The molecule has 4 aliphatic rings. The topological polar surface area (TPSA) is 141 Å². The summed E-state index contributed by atoms with van der Waals surface area (Å²) < 4.78 is 28.3. The maximum Gasteiger partial charge on any atom is 0.326 e. The molecule has 0 aromatic heterocycles. The second-order valence-electron chi connectivity index (χ2n) is 9.37. The Morgan fingerprint density at radius 1 is 1.14 bits per heavy atom. The molecule has 0 unspecified atom stereocenters. The highest BCUT2D eigenvalue weighted by Crippen LogP contribution is 2.67. The van der Waals surface area contributed by atoms with Crippen molar-refractivity contribution in [3.8, 4) is 11.5 Å². The third kappa shape index (κ3) is 2.91. The van der Waals surface area contributed by atoms with Gasteiger partial charge in [-0.25, -0.2) is 4.79 Å². The summed E-state index contributed by atoms with van der Waals surface area (Å²) in [6.45, 7) is 2.25. The molecular formula is C24H29NO10. The van der Waals surface area contributed by atoms with Crippen molar-refractivity contribution in [1.82, 2.24) is 4.90 Å². The molecule has 2 spiro atoms. The number of ether oxygens (including phenoxy) is 5. The fourth-order valence-corrected chi connectivity index (χ4v) is 6.70. The summed E-state index contributed by atoms with van der Waals surface area (Å²) in [5, 5.41) is 21.7. The number of esters is 1. The van der Waals surface area contributed by atoms with Crippen LogP contribution in [0.15, 0.2) is 12.1 Å². The van der Waals surface area contributed by atoms with E-state index < -0.39 is 46.7 Å². The molecule has 1 aromatic rings. The van der Waals surface area contributed by atoms with Crippen LogP contribution < -0.4 is 9.47 Å². The maximum atomic E-state index is 13.8. The molecule has 35 heavy (non-hydrogen) atoms. The Kier molecular flexibility index (Phi) is 5.50. The second kappa shape index (κ2) is 8.07. The molecule has 11 nitrogen and oxygen atoms in total. The number of benzene rings is 1. The minimum atomic E-state index is -1.87. The largest absolute Gasteiger partial charge is 0.493 e. The van der Waals surface area contributed by atoms with E-state index in [9.17, 15) is 24.6 Å². The van der Waals surface area contributed by atoms with Crippen LogP contribution in [0.5, 0.6) is 11.5 Å². The molecule has 2 N–H and O–H groups in total. The minimum Gasteiger partial charge on any atom is -0.493 e. The van der Waals surface area contributed by atoms with E-state index in [2.05, 4.69) is 0 Å². The van der Waals surface area contributed by atoms with Gasteiger partial charge in [-0.15, -0.1) is 0 Å². The number of aliphatic carboxylic acids is 1. The fourth-order valence-electron chi connectivity index (χ4n) is 6.70. The van der Waals surface area contributed by atoms with Crippen molar-refractivity contribution in [3.05, 3.63) is 23.3 Å². The first-order chi connectivity index (χ1) is 16.7. The molecule has 0 radical (unpaired) electrons. The Labute approximate surface area is 201 Å². The summed E-state index contributed by atoms with van der Waals surface area (Å²) in [7, 11) is 2.93. The zero-order valence-electron chi connectivity index (χ0n) is 19.9. The van der Waals surface area contributed by atoms with Crippen LogP contribution in [0.25, 0.3) is 0 Å². The summed E-state index contributed by atoms with van der Waals surface area (Å²) in [4.78, 5) is 41.2. The van der Waals surface area contributed by atoms with Gasteiger partial charge in [0.25, 0.3) is 5.91 Å². The molecule has 3 aliphatic heterocycles. The number of rotatable bonds is 5. The molecule has 1 aliphatic carbocycles. The van der Waals surface area contributed by atoms with Crippen LogP contribution in [-0.2, 0) is 40.6 Å².